The molecule has 0 unspecified atom stereocenters. The van der Waals surface area contributed by atoms with Crippen molar-refractivity contribution in [2.24, 2.45) is 0 Å². The topological polar surface area (TPSA) is 61.9 Å². The Morgan fingerprint density at radius 2 is 2.04 bits per heavy atom. The smallest absolute Gasteiger partial charge is 0.317 e. The first-order chi connectivity index (χ1) is 11.1. The average Bonchev–Trinajstić information content (AvgIpc) is 3.03. The third kappa shape index (κ3) is 4.37. The Bertz CT molecular complexity index is 433. The Hall–Kier alpha value is -1.30. The number of nitrogens with zero attached hydrogens (tertiary/aromatic N) is 2. The first kappa shape index (κ1) is 16.6. The van der Waals surface area contributed by atoms with Crippen molar-refractivity contribution in [3.63, 3.8) is 0 Å². The van der Waals surface area contributed by atoms with Crippen LogP contribution in [0.1, 0.15) is 51.9 Å². The van der Waals surface area contributed by atoms with Crippen LogP contribution in [0.4, 0.5) is 4.79 Å². The lowest BCUT2D eigenvalue weighted by Crippen LogP contribution is -2.49. The number of rotatable bonds is 6. The van der Waals surface area contributed by atoms with Crippen molar-refractivity contribution in [1.82, 2.24) is 15.1 Å². The monoisotopic (exact) mass is 323 g/mol. The third-order valence-electron chi connectivity index (χ3n) is 5.20. The second kappa shape index (κ2) is 7.51. The molecule has 1 aliphatic carbocycles. The van der Waals surface area contributed by atoms with Gasteiger partial charge in [-0.1, -0.05) is 0 Å². The highest BCUT2D eigenvalue weighted by Gasteiger charge is 2.36. The largest absolute Gasteiger partial charge is 0.378 e. The van der Waals surface area contributed by atoms with E-state index in [0.29, 0.717) is 25.2 Å². The molecule has 2 heterocycles. The lowest BCUT2D eigenvalue weighted by molar-refractivity contribution is -0.130. The summed E-state index contributed by atoms with van der Waals surface area (Å²) < 4.78 is 5.58. The molecule has 23 heavy (non-hydrogen) atoms. The molecule has 0 radical (unpaired) electrons. The average molecular weight is 323 g/mol. The number of amides is 3. The fraction of sp³-hybridized carbons (Fsp3) is 0.882. The minimum atomic E-state index is 0.0183. The zero-order valence-corrected chi connectivity index (χ0v) is 14.1. The van der Waals surface area contributed by atoms with E-state index in [4.69, 9.17) is 4.74 Å². The molecule has 6 nitrogen and oxygen atoms in total. The normalized spacial score (nSPS) is 27.3. The third-order valence-corrected chi connectivity index (χ3v) is 5.20. The van der Waals surface area contributed by atoms with Gasteiger partial charge in [0.1, 0.15) is 0 Å². The number of hydrogen-bond donors (Lipinski definition) is 1. The van der Waals surface area contributed by atoms with Crippen LogP contribution in [0.3, 0.4) is 0 Å². The highest BCUT2D eigenvalue weighted by molar-refractivity contribution is 5.76. The van der Waals surface area contributed by atoms with Crippen molar-refractivity contribution in [1.29, 1.82) is 0 Å². The van der Waals surface area contributed by atoms with Crippen molar-refractivity contribution in [3.05, 3.63) is 0 Å². The maximum Gasteiger partial charge on any atom is 0.317 e. The molecular formula is C17H29N3O3. The van der Waals surface area contributed by atoms with Gasteiger partial charge in [-0.25, -0.2) is 4.79 Å². The van der Waals surface area contributed by atoms with E-state index in [9.17, 15) is 9.59 Å². The Morgan fingerprint density at radius 3 is 2.70 bits per heavy atom. The van der Waals surface area contributed by atoms with E-state index >= 15 is 0 Å². The second-order valence-corrected chi connectivity index (χ2v) is 7.05. The van der Waals surface area contributed by atoms with Gasteiger partial charge in [-0.3, -0.25) is 4.79 Å². The molecule has 2 saturated heterocycles. The summed E-state index contributed by atoms with van der Waals surface area (Å²) >= 11 is 0. The van der Waals surface area contributed by atoms with E-state index in [0.717, 1.165) is 58.1 Å². The fourth-order valence-electron chi connectivity index (χ4n) is 3.75. The second-order valence-electron chi connectivity index (χ2n) is 7.05. The molecule has 3 fully saturated rings. The van der Waals surface area contributed by atoms with Gasteiger partial charge in [0.2, 0.25) is 5.91 Å². The quantitative estimate of drug-likeness (QED) is 0.810. The first-order valence-corrected chi connectivity index (χ1v) is 9.08. The zero-order valence-electron chi connectivity index (χ0n) is 14.1. The number of likely N-dealkylation sites (tertiary alicyclic amines) is 1. The first-order valence-electron chi connectivity index (χ1n) is 9.08. The molecule has 6 heteroatoms. The molecule has 0 aromatic carbocycles. The van der Waals surface area contributed by atoms with E-state index in [1.807, 2.05) is 9.80 Å². The summed E-state index contributed by atoms with van der Waals surface area (Å²) in [6, 6.07) is 0.601. The molecule has 3 amide bonds. The molecule has 0 aromatic heterocycles. The fourth-order valence-corrected chi connectivity index (χ4v) is 3.75. The highest BCUT2D eigenvalue weighted by Crippen LogP contribution is 2.29. The van der Waals surface area contributed by atoms with Crippen LogP contribution in [0, 0.1) is 0 Å². The van der Waals surface area contributed by atoms with Gasteiger partial charge in [0.25, 0.3) is 0 Å². The number of carbonyl (C=O) groups is 2. The molecule has 0 bridgehead atoms. The van der Waals surface area contributed by atoms with Crippen LogP contribution in [0.15, 0.2) is 0 Å². The van der Waals surface area contributed by atoms with Crippen molar-refractivity contribution < 1.29 is 14.3 Å². The lowest BCUT2D eigenvalue weighted by Gasteiger charge is -2.30. The minimum absolute atomic E-state index is 0.0183. The summed E-state index contributed by atoms with van der Waals surface area (Å²) in [5.41, 5.74) is 0. The molecule has 1 N–H and O–H groups in total. The van der Waals surface area contributed by atoms with Gasteiger partial charge in [-0.2, -0.15) is 0 Å². The van der Waals surface area contributed by atoms with Gasteiger partial charge in [-0.15, -0.1) is 0 Å². The number of hydrogen-bond acceptors (Lipinski definition) is 3. The van der Waals surface area contributed by atoms with Gasteiger partial charge in [0, 0.05) is 39.2 Å². The summed E-state index contributed by atoms with van der Waals surface area (Å²) in [6.45, 7) is 4.66. The summed E-state index contributed by atoms with van der Waals surface area (Å²) in [6.07, 6.45) is 7.70. The Labute approximate surface area is 138 Å². The van der Waals surface area contributed by atoms with Crippen molar-refractivity contribution >= 4 is 11.9 Å². The van der Waals surface area contributed by atoms with Crippen LogP contribution >= 0.6 is 0 Å². The molecule has 0 aromatic rings. The Kier molecular flexibility index (Phi) is 5.41. The predicted molar refractivity (Wildman–Crippen MR) is 87.1 cm³/mol. The van der Waals surface area contributed by atoms with Crippen LogP contribution in [0.5, 0.6) is 0 Å². The number of urea groups is 1. The molecule has 2 atom stereocenters. The van der Waals surface area contributed by atoms with Gasteiger partial charge in [0.05, 0.1) is 12.1 Å². The number of ether oxygens (including phenoxy) is 1. The van der Waals surface area contributed by atoms with E-state index in [1.54, 1.807) is 6.92 Å². The van der Waals surface area contributed by atoms with Gasteiger partial charge in [-0.05, 0) is 44.9 Å². The molecule has 130 valence electrons. The zero-order chi connectivity index (χ0) is 16.2. The maximum atomic E-state index is 12.4. The van der Waals surface area contributed by atoms with Crippen LogP contribution in [-0.4, -0.2) is 66.2 Å². The Morgan fingerprint density at radius 1 is 1.22 bits per heavy atom. The molecule has 3 aliphatic rings. The summed E-state index contributed by atoms with van der Waals surface area (Å²) in [5, 5.41) is 3.03. The molecule has 1 saturated carbocycles. The SMILES string of the molecule is CC(=O)N(C[C@@H]1CCCN1C(=O)NCC[C@@H]1CCCO1)C1CC1. The molecule has 3 rings (SSSR count). The lowest BCUT2D eigenvalue weighted by atomic mass is 10.2. The van der Waals surface area contributed by atoms with Crippen LogP contribution < -0.4 is 5.32 Å². The van der Waals surface area contributed by atoms with Gasteiger partial charge in [0.15, 0.2) is 0 Å². The van der Waals surface area contributed by atoms with Gasteiger partial charge >= 0.3 is 6.03 Å². The van der Waals surface area contributed by atoms with E-state index in [-0.39, 0.29) is 18.0 Å². The van der Waals surface area contributed by atoms with Crippen molar-refractivity contribution in [2.75, 3.05) is 26.2 Å². The molecule has 0 spiro atoms. The summed E-state index contributed by atoms with van der Waals surface area (Å²) in [7, 11) is 0. The van der Waals surface area contributed by atoms with Crippen molar-refractivity contribution in [2.45, 2.75) is 70.1 Å². The molecular weight excluding hydrogens is 294 g/mol. The highest BCUT2D eigenvalue weighted by atomic mass is 16.5. The number of nitrogens with one attached hydrogen (secondary N) is 1. The summed E-state index contributed by atoms with van der Waals surface area (Å²) in [4.78, 5) is 28.1. The van der Waals surface area contributed by atoms with Crippen LogP contribution in [0.2, 0.25) is 0 Å². The van der Waals surface area contributed by atoms with E-state index < -0.39 is 0 Å². The Balaban J connectivity index is 1.45. The van der Waals surface area contributed by atoms with Crippen molar-refractivity contribution in [3.8, 4) is 0 Å². The van der Waals surface area contributed by atoms with Crippen LogP contribution in [0.25, 0.3) is 0 Å². The van der Waals surface area contributed by atoms with Crippen LogP contribution in [-0.2, 0) is 9.53 Å². The van der Waals surface area contributed by atoms with E-state index in [2.05, 4.69) is 5.32 Å². The maximum absolute atomic E-state index is 12.4. The van der Waals surface area contributed by atoms with E-state index in [1.165, 1.54) is 0 Å². The minimum Gasteiger partial charge on any atom is -0.378 e. The van der Waals surface area contributed by atoms with Gasteiger partial charge < -0.3 is 19.9 Å². The predicted octanol–water partition coefficient (Wildman–Crippen LogP) is 1.74. The summed E-state index contributed by atoms with van der Waals surface area (Å²) in [5.74, 6) is 0.137. The molecule has 2 aliphatic heterocycles. The number of carbonyl (C=O) groups excluding carboxylic acids is 2. The standard InChI is InChI=1S/C17H29N3O3/c1-13(21)20(14-6-7-14)12-15-4-2-10-19(15)17(22)18-9-8-16-5-3-11-23-16/h14-16H,2-12H2,1H3,(H,18,22)/t15-,16-/m0/s1.